The molecule has 5 nitrogen and oxygen atoms in total. The molecule has 0 saturated carbocycles. The summed E-state index contributed by atoms with van der Waals surface area (Å²) in [6.07, 6.45) is 0.120. The molecule has 5 heteroatoms. The van der Waals surface area contributed by atoms with Crippen molar-refractivity contribution in [1.29, 1.82) is 0 Å². The molecule has 2 N–H and O–H groups in total. The lowest BCUT2D eigenvalue weighted by Crippen LogP contribution is -2.46. The monoisotopic (exact) mass is 238 g/mol. The quantitative estimate of drug-likeness (QED) is 0.580. The molecule has 0 fully saturated rings. The zero-order chi connectivity index (χ0) is 12.8. The van der Waals surface area contributed by atoms with Crippen LogP contribution in [0.1, 0.15) is 0 Å². The average molecular weight is 238 g/mol. The number of benzene rings is 1. The van der Waals surface area contributed by atoms with Gasteiger partial charge in [-0.3, -0.25) is 20.1 Å². The van der Waals surface area contributed by atoms with Crippen LogP contribution in [0.25, 0.3) is 0 Å². The minimum Gasteiger partial charge on any atom is -0.356 e. The van der Waals surface area contributed by atoms with Gasteiger partial charge in [0.2, 0.25) is 0 Å². The zero-order valence-corrected chi connectivity index (χ0v) is 11.2. The highest BCUT2D eigenvalue weighted by Crippen LogP contribution is 2.22. The first kappa shape index (κ1) is 13.8. The number of anilines is 2. The lowest BCUT2D eigenvalue weighted by molar-refractivity contribution is 0.155. The van der Waals surface area contributed by atoms with Crippen molar-refractivity contribution in [2.24, 2.45) is 0 Å². The van der Waals surface area contributed by atoms with Crippen LogP contribution in [0.4, 0.5) is 11.4 Å². The van der Waals surface area contributed by atoms with Crippen molar-refractivity contribution in [3.05, 3.63) is 24.3 Å². The molecule has 0 atom stereocenters. The maximum absolute atomic E-state index is 4.95. The molecule has 0 aliphatic rings. The van der Waals surface area contributed by atoms with Crippen LogP contribution >= 0.6 is 0 Å². The Morgan fingerprint density at radius 1 is 1.00 bits per heavy atom. The smallest absolute Gasteiger partial charge is 0.136 e. The van der Waals surface area contributed by atoms with E-state index in [2.05, 4.69) is 20.6 Å². The second kappa shape index (κ2) is 6.44. The Labute approximate surface area is 103 Å². The van der Waals surface area contributed by atoms with Crippen LogP contribution in [0.2, 0.25) is 0 Å². The highest BCUT2D eigenvalue weighted by atomic mass is 16.6. The van der Waals surface area contributed by atoms with Crippen molar-refractivity contribution in [3.8, 4) is 0 Å². The Morgan fingerprint density at radius 3 is 2.00 bits per heavy atom. The summed E-state index contributed by atoms with van der Waals surface area (Å²) >= 11 is 0. The summed E-state index contributed by atoms with van der Waals surface area (Å²) in [5, 5.41) is 3.44. The van der Waals surface area contributed by atoms with Crippen molar-refractivity contribution in [2.75, 3.05) is 46.1 Å². The van der Waals surface area contributed by atoms with E-state index in [1.807, 2.05) is 52.5 Å². The van der Waals surface area contributed by atoms with E-state index in [-0.39, 0.29) is 6.29 Å². The highest BCUT2D eigenvalue weighted by molar-refractivity contribution is 5.67. The lowest BCUT2D eigenvalue weighted by Gasteiger charge is -2.32. The van der Waals surface area contributed by atoms with Gasteiger partial charge in [0.25, 0.3) is 0 Å². The van der Waals surface area contributed by atoms with Crippen molar-refractivity contribution >= 4 is 11.4 Å². The first-order chi connectivity index (χ1) is 8.06. The standard InChI is InChI=1S/C12H22N4O/c1-15(2)12(16(3)4)13-10-8-6-7-9-11(10)14-17-5/h6-9,12-14H,1-5H3. The third kappa shape index (κ3) is 3.89. The van der Waals surface area contributed by atoms with Gasteiger partial charge in [-0.25, -0.2) is 0 Å². The van der Waals surface area contributed by atoms with Gasteiger partial charge in [-0.05, 0) is 40.3 Å². The van der Waals surface area contributed by atoms with Crippen LogP contribution < -0.4 is 10.8 Å². The summed E-state index contributed by atoms with van der Waals surface area (Å²) < 4.78 is 0. The Balaban J connectivity index is 2.85. The molecule has 0 aliphatic carbocycles. The van der Waals surface area contributed by atoms with Crippen molar-refractivity contribution in [2.45, 2.75) is 6.29 Å². The SMILES string of the molecule is CONc1ccccc1NC(N(C)C)N(C)C. The van der Waals surface area contributed by atoms with Gasteiger partial charge in [-0.1, -0.05) is 12.1 Å². The molecule has 0 radical (unpaired) electrons. The van der Waals surface area contributed by atoms with Gasteiger partial charge >= 0.3 is 0 Å². The van der Waals surface area contributed by atoms with Crippen LogP contribution in [0.5, 0.6) is 0 Å². The Hall–Kier alpha value is -1.30. The molecular formula is C12H22N4O. The molecule has 0 unspecified atom stereocenters. The van der Waals surface area contributed by atoms with Crippen LogP contribution in [0.3, 0.4) is 0 Å². The summed E-state index contributed by atoms with van der Waals surface area (Å²) in [5.74, 6) is 0. The predicted molar refractivity (Wildman–Crippen MR) is 71.9 cm³/mol. The number of nitrogens with zero attached hydrogens (tertiary/aromatic N) is 2. The molecule has 1 rings (SSSR count). The lowest BCUT2D eigenvalue weighted by atomic mass is 10.2. The second-order valence-corrected chi connectivity index (χ2v) is 4.30. The predicted octanol–water partition coefficient (Wildman–Crippen LogP) is 1.48. The van der Waals surface area contributed by atoms with Gasteiger partial charge in [0.15, 0.2) is 0 Å². The fourth-order valence-electron chi connectivity index (χ4n) is 1.67. The summed E-state index contributed by atoms with van der Waals surface area (Å²) in [6.45, 7) is 0. The van der Waals surface area contributed by atoms with E-state index in [4.69, 9.17) is 4.84 Å². The highest BCUT2D eigenvalue weighted by Gasteiger charge is 2.14. The third-order valence-electron chi connectivity index (χ3n) is 2.40. The molecule has 0 aromatic heterocycles. The minimum atomic E-state index is 0.120. The van der Waals surface area contributed by atoms with Gasteiger partial charge in [0.1, 0.15) is 6.29 Å². The third-order valence-corrected chi connectivity index (χ3v) is 2.40. The molecule has 0 bridgehead atoms. The molecule has 0 saturated heterocycles. The van der Waals surface area contributed by atoms with E-state index in [0.29, 0.717) is 0 Å². The van der Waals surface area contributed by atoms with Gasteiger partial charge < -0.3 is 5.32 Å². The summed E-state index contributed by atoms with van der Waals surface area (Å²) in [6, 6.07) is 7.94. The molecule has 0 aliphatic heterocycles. The summed E-state index contributed by atoms with van der Waals surface area (Å²) in [7, 11) is 9.73. The van der Waals surface area contributed by atoms with E-state index in [1.165, 1.54) is 0 Å². The van der Waals surface area contributed by atoms with Gasteiger partial charge in [0.05, 0.1) is 18.5 Å². The first-order valence-electron chi connectivity index (χ1n) is 5.53. The first-order valence-corrected chi connectivity index (χ1v) is 5.53. The van der Waals surface area contributed by atoms with Gasteiger partial charge in [-0.15, -0.1) is 0 Å². The molecule has 17 heavy (non-hydrogen) atoms. The maximum Gasteiger partial charge on any atom is 0.136 e. The van der Waals surface area contributed by atoms with E-state index in [1.54, 1.807) is 7.11 Å². The number of para-hydroxylation sites is 2. The van der Waals surface area contributed by atoms with Gasteiger partial charge in [0, 0.05) is 0 Å². The molecule has 0 spiro atoms. The number of rotatable bonds is 6. The topological polar surface area (TPSA) is 39.8 Å². The number of hydrogen-bond donors (Lipinski definition) is 2. The van der Waals surface area contributed by atoms with Crippen molar-refractivity contribution in [3.63, 3.8) is 0 Å². The summed E-state index contributed by atoms with van der Waals surface area (Å²) in [5.41, 5.74) is 4.78. The molecule has 1 aromatic carbocycles. The van der Waals surface area contributed by atoms with Crippen LogP contribution in [-0.2, 0) is 4.84 Å². The van der Waals surface area contributed by atoms with E-state index < -0.39 is 0 Å². The number of nitrogens with one attached hydrogen (secondary N) is 2. The fourth-order valence-corrected chi connectivity index (χ4v) is 1.67. The Morgan fingerprint density at radius 2 is 1.53 bits per heavy atom. The molecule has 96 valence electrons. The van der Waals surface area contributed by atoms with Crippen LogP contribution in [0, 0.1) is 0 Å². The van der Waals surface area contributed by atoms with E-state index >= 15 is 0 Å². The molecule has 1 aromatic rings. The van der Waals surface area contributed by atoms with Crippen LogP contribution in [0.15, 0.2) is 24.3 Å². The fraction of sp³-hybridized carbons (Fsp3) is 0.500. The Kier molecular flexibility index (Phi) is 5.21. The Bertz CT molecular complexity index is 333. The summed E-state index contributed by atoms with van der Waals surface area (Å²) in [4.78, 5) is 9.16. The van der Waals surface area contributed by atoms with Crippen molar-refractivity contribution < 1.29 is 4.84 Å². The number of hydrogen-bond acceptors (Lipinski definition) is 5. The largest absolute Gasteiger partial charge is 0.356 e. The maximum atomic E-state index is 4.95. The van der Waals surface area contributed by atoms with E-state index in [0.717, 1.165) is 11.4 Å². The minimum absolute atomic E-state index is 0.120. The molecular weight excluding hydrogens is 216 g/mol. The average Bonchev–Trinajstić information content (AvgIpc) is 2.27. The van der Waals surface area contributed by atoms with Crippen LogP contribution in [-0.4, -0.2) is 51.4 Å². The second-order valence-electron chi connectivity index (χ2n) is 4.30. The van der Waals surface area contributed by atoms with Crippen molar-refractivity contribution in [1.82, 2.24) is 9.80 Å². The zero-order valence-electron chi connectivity index (χ0n) is 11.2. The van der Waals surface area contributed by atoms with Gasteiger partial charge in [-0.2, -0.15) is 0 Å². The molecule has 0 heterocycles. The van der Waals surface area contributed by atoms with E-state index in [9.17, 15) is 0 Å². The normalized spacial score (nSPS) is 11.3. The molecule has 0 amide bonds.